The van der Waals surface area contributed by atoms with Gasteiger partial charge < -0.3 is 14.2 Å². The zero-order valence-electron chi connectivity index (χ0n) is 17.5. The molecule has 0 aromatic carbocycles. The first-order valence-corrected chi connectivity index (χ1v) is 10.2. The van der Waals surface area contributed by atoms with Crippen molar-refractivity contribution in [3.05, 3.63) is 28.6 Å². The molecular formula is C22H31N3O3. The van der Waals surface area contributed by atoms with E-state index in [0.29, 0.717) is 6.54 Å². The molecule has 0 saturated carbocycles. The van der Waals surface area contributed by atoms with E-state index in [1.807, 2.05) is 30.9 Å². The van der Waals surface area contributed by atoms with Crippen molar-refractivity contribution in [1.82, 2.24) is 9.47 Å². The summed E-state index contributed by atoms with van der Waals surface area (Å²) in [5.41, 5.74) is 2.83. The van der Waals surface area contributed by atoms with Crippen molar-refractivity contribution in [3.63, 3.8) is 0 Å². The summed E-state index contributed by atoms with van der Waals surface area (Å²) in [6, 6.07) is 4.09. The van der Waals surface area contributed by atoms with Gasteiger partial charge in [0.15, 0.2) is 6.61 Å². The maximum Gasteiger partial charge on any atom is 0.349 e. The van der Waals surface area contributed by atoms with Crippen LogP contribution in [0.2, 0.25) is 0 Å². The van der Waals surface area contributed by atoms with Crippen molar-refractivity contribution < 1.29 is 14.3 Å². The molecule has 1 fully saturated rings. The van der Waals surface area contributed by atoms with Crippen molar-refractivity contribution >= 4 is 18.0 Å². The van der Waals surface area contributed by atoms with E-state index >= 15 is 0 Å². The molecule has 0 radical (unpaired) electrons. The molecule has 0 spiro atoms. The van der Waals surface area contributed by atoms with Gasteiger partial charge in [0.1, 0.15) is 11.6 Å². The fraction of sp³-hybridized carbons (Fsp3) is 0.591. The molecule has 28 heavy (non-hydrogen) atoms. The second-order valence-corrected chi connectivity index (χ2v) is 7.37. The summed E-state index contributed by atoms with van der Waals surface area (Å²) in [7, 11) is 0. The molecule has 0 aliphatic carbocycles. The predicted octanol–water partition coefficient (Wildman–Crippen LogP) is 3.76. The zero-order valence-corrected chi connectivity index (χ0v) is 17.5. The number of amides is 1. The van der Waals surface area contributed by atoms with Gasteiger partial charge in [-0.25, -0.2) is 4.79 Å². The van der Waals surface area contributed by atoms with E-state index < -0.39 is 5.97 Å². The highest BCUT2D eigenvalue weighted by molar-refractivity contribution is 5.99. The quantitative estimate of drug-likeness (QED) is 0.407. The number of hydrogen-bond acceptors (Lipinski definition) is 4. The summed E-state index contributed by atoms with van der Waals surface area (Å²) < 4.78 is 7.34. The molecule has 1 atom stereocenters. The first-order valence-electron chi connectivity index (χ1n) is 10.2. The molecular weight excluding hydrogens is 354 g/mol. The lowest BCUT2D eigenvalue weighted by atomic mass is 10.00. The topological polar surface area (TPSA) is 75.3 Å². The largest absolute Gasteiger partial charge is 0.451 e. The van der Waals surface area contributed by atoms with Crippen LogP contribution in [-0.2, 0) is 20.9 Å². The second kappa shape index (κ2) is 10.1. The molecule has 6 heteroatoms. The van der Waals surface area contributed by atoms with Crippen molar-refractivity contribution in [2.45, 2.75) is 72.4 Å². The van der Waals surface area contributed by atoms with Crippen LogP contribution in [0, 0.1) is 25.2 Å². The summed E-state index contributed by atoms with van der Waals surface area (Å²) in [5, 5.41) is 9.40. The summed E-state index contributed by atoms with van der Waals surface area (Å²) >= 11 is 0. The van der Waals surface area contributed by atoms with E-state index in [2.05, 4.69) is 18.4 Å². The monoisotopic (exact) mass is 385 g/mol. The number of piperidine rings is 1. The maximum atomic E-state index is 12.5. The first-order chi connectivity index (χ1) is 13.4. The Bertz CT molecular complexity index is 786. The molecule has 0 unspecified atom stereocenters. The Morgan fingerprint density at radius 2 is 2.07 bits per heavy atom. The summed E-state index contributed by atoms with van der Waals surface area (Å²) in [5.74, 6) is -0.931. The molecule has 152 valence electrons. The third-order valence-corrected chi connectivity index (χ3v) is 5.45. The van der Waals surface area contributed by atoms with Gasteiger partial charge in [-0.1, -0.05) is 13.8 Å². The van der Waals surface area contributed by atoms with Gasteiger partial charge in [-0.05, 0) is 63.7 Å². The predicted molar refractivity (Wildman–Crippen MR) is 108 cm³/mol. The molecule has 1 aliphatic rings. The summed E-state index contributed by atoms with van der Waals surface area (Å²) in [6.45, 7) is 9.43. The minimum absolute atomic E-state index is 0.0877. The smallest absolute Gasteiger partial charge is 0.349 e. The highest BCUT2D eigenvalue weighted by atomic mass is 16.5. The van der Waals surface area contributed by atoms with Crippen LogP contribution in [0.4, 0.5) is 0 Å². The van der Waals surface area contributed by atoms with Crippen molar-refractivity contribution in [1.29, 1.82) is 5.26 Å². The molecule has 2 heterocycles. The molecule has 2 rings (SSSR count). The maximum absolute atomic E-state index is 12.5. The summed E-state index contributed by atoms with van der Waals surface area (Å²) in [6.07, 6.45) is 6.55. The number of rotatable bonds is 7. The summed E-state index contributed by atoms with van der Waals surface area (Å²) in [4.78, 5) is 26.6. The normalized spacial score (nSPS) is 17.3. The van der Waals surface area contributed by atoms with E-state index in [4.69, 9.17) is 4.74 Å². The Morgan fingerprint density at radius 1 is 1.32 bits per heavy atom. The lowest BCUT2D eigenvalue weighted by Crippen LogP contribution is -2.45. The van der Waals surface area contributed by atoms with E-state index in [9.17, 15) is 14.9 Å². The lowest BCUT2D eigenvalue weighted by Gasteiger charge is -2.35. The van der Waals surface area contributed by atoms with E-state index in [1.54, 1.807) is 6.08 Å². The van der Waals surface area contributed by atoms with Crippen LogP contribution in [0.5, 0.6) is 0 Å². The lowest BCUT2D eigenvalue weighted by molar-refractivity contribution is -0.150. The van der Waals surface area contributed by atoms with Crippen molar-refractivity contribution in [2.24, 2.45) is 0 Å². The highest BCUT2D eigenvalue weighted by Crippen LogP contribution is 2.21. The Kier molecular flexibility index (Phi) is 7.86. The van der Waals surface area contributed by atoms with E-state index in [-0.39, 0.29) is 24.1 Å². The van der Waals surface area contributed by atoms with Gasteiger partial charge in [-0.3, -0.25) is 4.79 Å². The number of nitrogens with zero attached hydrogens (tertiary/aromatic N) is 3. The van der Waals surface area contributed by atoms with Gasteiger partial charge in [-0.15, -0.1) is 0 Å². The molecule has 1 aromatic heterocycles. The molecule has 1 amide bonds. The Hall–Kier alpha value is -2.55. The zero-order chi connectivity index (χ0) is 20.7. The van der Waals surface area contributed by atoms with Crippen molar-refractivity contribution in [2.75, 3.05) is 13.2 Å². The molecule has 0 bridgehead atoms. The van der Waals surface area contributed by atoms with Gasteiger partial charge >= 0.3 is 5.97 Å². The standard InChI is InChI=1S/C22H31N3O3/c1-5-10-24-16(3)12-18(17(24)4)13-19(14-23)22(27)28-15-21(26)25-11-8-7-9-20(25)6-2/h12-13,20H,5-11,15H2,1-4H3/b19-13+/t20-/m0/s1. The average Bonchev–Trinajstić information content (AvgIpc) is 2.97. The number of carbonyl (C=O) groups is 2. The van der Waals surface area contributed by atoms with Crippen LogP contribution >= 0.6 is 0 Å². The SMILES string of the molecule is CCCn1c(C)cc(/C=C(\C#N)C(=O)OCC(=O)N2CCCC[C@@H]2CC)c1C. The number of esters is 1. The van der Waals surface area contributed by atoms with Crippen LogP contribution < -0.4 is 0 Å². The number of nitriles is 1. The fourth-order valence-electron chi connectivity index (χ4n) is 3.88. The first kappa shape index (κ1) is 21.7. The second-order valence-electron chi connectivity index (χ2n) is 7.37. The number of aromatic nitrogens is 1. The Labute approximate surface area is 167 Å². The van der Waals surface area contributed by atoms with Crippen LogP contribution in [0.1, 0.15) is 62.9 Å². The molecule has 1 aromatic rings. The number of hydrogen-bond donors (Lipinski definition) is 0. The Morgan fingerprint density at radius 3 is 2.71 bits per heavy atom. The Balaban J connectivity index is 2.06. The fourth-order valence-corrected chi connectivity index (χ4v) is 3.88. The third kappa shape index (κ3) is 5.03. The number of likely N-dealkylation sites (tertiary alicyclic amines) is 1. The minimum Gasteiger partial charge on any atom is -0.451 e. The highest BCUT2D eigenvalue weighted by Gasteiger charge is 2.26. The minimum atomic E-state index is -0.749. The van der Waals surface area contributed by atoms with Crippen LogP contribution in [0.25, 0.3) is 6.08 Å². The third-order valence-electron chi connectivity index (χ3n) is 5.45. The van der Waals surface area contributed by atoms with E-state index in [0.717, 1.165) is 55.6 Å². The van der Waals surface area contributed by atoms with Crippen molar-refractivity contribution in [3.8, 4) is 6.07 Å². The van der Waals surface area contributed by atoms with Crippen LogP contribution in [-0.4, -0.2) is 40.5 Å². The van der Waals surface area contributed by atoms with Crippen LogP contribution in [0.3, 0.4) is 0 Å². The van der Waals surface area contributed by atoms with Gasteiger partial charge in [0.25, 0.3) is 5.91 Å². The average molecular weight is 386 g/mol. The number of aryl methyl sites for hydroxylation is 1. The molecule has 0 N–H and O–H groups in total. The number of ether oxygens (including phenoxy) is 1. The van der Waals surface area contributed by atoms with Gasteiger partial charge in [0.05, 0.1) is 0 Å². The van der Waals surface area contributed by atoms with E-state index in [1.165, 1.54) is 0 Å². The molecule has 1 saturated heterocycles. The molecule has 1 aliphatic heterocycles. The van der Waals surface area contributed by atoms with Gasteiger partial charge in [-0.2, -0.15) is 5.26 Å². The molecule has 6 nitrogen and oxygen atoms in total. The van der Waals surface area contributed by atoms with Gasteiger partial charge in [0, 0.05) is 30.5 Å². The van der Waals surface area contributed by atoms with Crippen LogP contribution in [0.15, 0.2) is 11.6 Å². The van der Waals surface area contributed by atoms with Gasteiger partial charge in [0.2, 0.25) is 0 Å². The number of carbonyl (C=O) groups excluding carboxylic acids is 2.